The van der Waals surface area contributed by atoms with Gasteiger partial charge in [-0.25, -0.2) is 0 Å². The van der Waals surface area contributed by atoms with E-state index in [-0.39, 0.29) is 18.4 Å². The van der Waals surface area contributed by atoms with Crippen LogP contribution >= 0.6 is 0 Å². The van der Waals surface area contributed by atoms with Crippen molar-refractivity contribution < 1.29 is 9.59 Å². The minimum atomic E-state index is -0.247. The van der Waals surface area contributed by atoms with Crippen LogP contribution in [0.5, 0.6) is 0 Å². The van der Waals surface area contributed by atoms with Crippen LogP contribution in [0.2, 0.25) is 0 Å². The average Bonchev–Trinajstić information content (AvgIpc) is 2.83. The van der Waals surface area contributed by atoms with E-state index in [1.54, 1.807) is 0 Å². The van der Waals surface area contributed by atoms with Crippen LogP contribution in [-0.4, -0.2) is 33.1 Å². The quantitative estimate of drug-likeness (QED) is 0.854. The number of benzene rings is 1. The molecule has 138 valence electrons. The fraction of sp³-hybridized carbons (Fsp3) is 0.474. The van der Waals surface area contributed by atoms with Crippen molar-refractivity contribution in [1.82, 2.24) is 25.4 Å². The van der Waals surface area contributed by atoms with Gasteiger partial charge >= 0.3 is 0 Å². The zero-order valence-electron chi connectivity index (χ0n) is 15.3. The Kier molecular flexibility index (Phi) is 5.65. The van der Waals surface area contributed by atoms with Gasteiger partial charge in [0.25, 0.3) is 5.91 Å². The van der Waals surface area contributed by atoms with Crippen molar-refractivity contribution in [3.63, 3.8) is 0 Å². The molecule has 1 aromatic heterocycles. The molecule has 2 amide bonds. The van der Waals surface area contributed by atoms with E-state index in [0.29, 0.717) is 12.1 Å². The van der Waals surface area contributed by atoms with Crippen LogP contribution in [0.1, 0.15) is 52.4 Å². The Morgan fingerprint density at radius 1 is 1.04 bits per heavy atom. The zero-order chi connectivity index (χ0) is 18.5. The van der Waals surface area contributed by atoms with Crippen molar-refractivity contribution in [3.8, 4) is 0 Å². The zero-order valence-corrected chi connectivity index (χ0v) is 15.3. The maximum absolute atomic E-state index is 12.2. The second-order valence-corrected chi connectivity index (χ2v) is 6.83. The van der Waals surface area contributed by atoms with Crippen LogP contribution in [0.25, 0.3) is 0 Å². The summed E-state index contributed by atoms with van der Waals surface area (Å²) in [5.41, 5.74) is 2.61. The lowest BCUT2D eigenvalue weighted by Gasteiger charge is -2.09. The molecular weight excluding hydrogens is 330 g/mol. The third-order valence-corrected chi connectivity index (χ3v) is 4.52. The van der Waals surface area contributed by atoms with E-state index in [2.05, 4.69) is 25.4 Å². The minimum Gasteiger partial charge on any atom is -0.347 e. The summed E-state index contributed by atoms with van der Waals surface area (Å²) in [5, 5.41) is 13.9. The lowest BCUT2D eigenvalue weighted by molar-refractivity contribution is -0.120. The molecule has 0 radical (unpaired) electrons. The molecule has 2 aromatic rings. The summed E-state index contributed by atoms with van der Waals surface area (Å²) in [7, 11) is 0. The van der Waals surface area contributed by atoms with E-state index >= 15 is 0 Å². The van der Waals surface area contributed by atoms with E-state index < -0.39 is 0 Å². The molecule has 0 unspecified atom stereocenters. The van der Waals surface area contributed by atoms with E-state index in [4.69, 9.17) is 0 Å². The fourth-order valence-electron chi connectivity index (χ4n) is 3.28. The molecule has 0 saturated carbocycles. The highest BCUT2D eigenvalue weighted by atomic mass is 16.2. The summed E-state index contributed by atoms with van der Waals surface area (Å²) in [6.45, 7) is 5.05. The molecule has 2 N–H and O–H groups in total. The second-order valence-electron chi connectivity index (χ2n) is 6.83. The summed E-state index contributed by atoms with van der Waals surface area (Å²) >= 11 is 0. The Balaban J connectivity index is 1.50. The number of carbonyl (C=O) groups excluding carboxylic acids is 2. The Morgan fingerprint density at radius 3 is 2.58 bits per heavy atom. The van der Waals surface area contributed by atoms with Gasteiger partial charge in [0.05, 0.1) is 13.1 Å². The number of fused-ring (bicyclic) bond motifs is 1. The minimum absolute atomic E-state index is 0.0627. The van der Waals surface area contributed by atoms with Gasteiger partial charge in [0, 0.05) is 18.5 Å². The summed E-state index contributed by atoms with van der Waals surface area (Å²) in [5.74, 6) is 1.28. The Labute approximate surface area is 153 Å². The fourth-order valence-corrected chi connectivity index (χ4v) is 3.28. The molecule has 26 heavy (non-hydrogen) atoms. The molecule has 0 aliphatic carbocycles. The molecule has 3 rings (SSSR count). The topological polar surface area (TPSA) is 88.9 Å². The SMILES string of the molecule is Cc1cc(C)cc(C(=O)NCC(=O)NCc2nnc3n2CCCCC3)c1. The maximum atomic E-state index is 12.2. The van der Waals surface area contributed by atoms with Crippen LogP contribution < -0.4 is 10.6 Å². The van der Waals surface area contributed by atoms with Crippen molar-refractivity contribution in [1.29, 1.82) is 0 Å². The van der Waals surface area contributed by atoms with E-state index in [1.807, 2.05) is 32.0 Å². The first kappa shape index (κ1) is 18.1. The first-order valence-corrected chi connectivity index (χ1v) is 9.07. The Bertz CT molecular complexity index is 792. The highest BCUT2D eigenvalue weighted by Gasteiger charge is 2.15. The van der Waals surface area contributed by atoms with E-state index in [1.165, 1.54) is 6.42 Å². The van der Waals surface area contributed by atoms with Crippen LogP contribution in [0.3, 0.4) is 0 Å². The summed E-state index contributed by atoms with van der Waals surface area (Å²) in [4.78, 5) is 24.3. The van der Waals surface area contributed by atoms with Crippen molar-refractivity contribution in [3.05, 3.63) is 46.5 Å². The number of hydrogen-bond acceptors (Lipinski definition) is 4. The maximum Gasteiger partial charge on any atom is 0.251 e. The lowest BCUT2D eigenvalue weighted by Crippen LogP contribution is -2.37. The normalized spacial score (nSPS) is 13.6. The predicted octanol–water partition coefficient (Wildman–Crippen LogP) is 1.67. The van der Waals surface area contributed by atoms with Gasteiger partial charge in [-0.1, -0.05) is 23.6 Å². The van der Waals surface area contributed by atoms with Gasteiger partial charge in [-0.05, 0) is 38.8 Å². The van der Waals surface area contributed by atoms with Crippen LogP contribution in [0.4, 0.5) is 0 Å². The molecule has 7 heteroatoms. The average molecular weight is 355 g/mol. The van der Waals surface area contributed by atoms with Crippen molar-refractivity contribution in [2.24, 2.45) is 0 Å². The van der Waals surface area contributed by atoms with Gasteiger partial charge in [0.2, 0.25) is 5.91 Å². The predicted molar refractivity (Wildman–Crippen MR) is 97.7 cm³/mol. The molecule has 0 saturated heterocycles. The first-order chi connectivity index (χ1) is 12.5. The van der Waals surface area contributed by atoms with Gasteiger partial charge in [-0.15, -0.1) is 10.2 Å². The van der Waals surface area contributed by atoms with Gasteiger partial charge < -0.3 is 15.2 Å². The summed E-state index contributed by atoms with van der Waals surface area (Å²) < 4.78 is 2.10. The number of amides is 2. The second kappa shape index (κ2) is 8.12. The molecule has 1 aromatic carbocycles. The Morgan fingerprint density at radius 2 is 1.81 bits per heavy atom. The highest BCUT2D eigenvalue weighted by Crippen LogP contribution is 2.14. The standard InChI is InChI=1S/C19H25N5O2/c1-13-8-14(2)10-15(9-13)19(26)21-12-18(25)20-11-17-23-22-16-6-4-3-5-7-24(16)17/h8-10H,3-7,11-12H2,1-2H3,(H,20,25)(H,21,26). The summed E-state index contributed by atoms with van der Waals surface area (Å²) in [6, 6.07) is 5.63. The molecule has 0 spiro atoms. The van der Waals surface area contributed by atoms with Gasteiger partial charge in [0.1, 0.15) is 5.82 Å². The number of aryl methyl sites for hydroxylation is 3. The smallest absolute Gasteiger partial charge is 0.251 e. The molecule has 2 heterocycles. The largest absolute Gasteiger partial charge is 0.347 e. The number of carbonyl (C=O) groups is 2. The number of aromatic nitrogens is 3. The lowest BCUT2D eigenvalue weighted by atomic mass is 10.1. The van der Waals surface area contributed by atoms with Crippen LogP contribution in [0.15, 0.2) is 18.2 Å². The molecule has 0 atom stereocenters. The van der Waals surface area contributed by atoms with E-state index in [9.17, 15) is 9.59 Å². The van der Waals surface area contributed by atoms with Gasteiger partial charge in [-0.3, -0.25) is 9.59 Å². The third-order valence-electron chi connectivity index (χ3n) is 4.52. The molecule has 1 aliphatic heterocycles. The summed E-state index contributed by atoms with van der Waals surface area (Å²) in [6.07, 6.45) is 4.37. The molecule has 7 nitrogen and oxygen atoms in total. The molecule has 1 aliphatic rings. The third kappa shape index (κ3) is 4.47. The van der Waals surface area contributed by atoms with Crippen molar-refractivity contribution in [2.45, 2.75) is 52.6 Å². The first-order valence-electron chi connectivity index (χ1n) is 9.07. The van der Waals surface area contributed by atoms with Crippen molar-refractivity contribution in [2.75, 3.05) is 6.54 Å². The van der Waals surface area contributed by atoms with Crippen LogP contribution in [-0.2, 0) is 24.3 Å². The number of nitrogens with zero attached hydrogens (tertiary/aromatic N) is 3. The number of hydrogen-bond donors (Lipinski definition) is 2. The van der Waals surface area contributed by atoms with E-state index in [0.717, 1.165) is 48.6 Å². The number of nitrogens with one attached hydrogen (secondary N) is 2. The Hall–Kier alpha value is -2.70. The van der Waals surface area contributed by atoms with Crippen molar-refractivity contribution >= 4 is 11.8 Å². The monoisotopic (exact) mass is 355 g/mol. The highest BCUT2D eigenvalue weighted by molar-refractivity contribution is 5.96. The van der Waals surface area contributed by atoms with Gasteiger partial charge in [0.15, 0.2) is 5.82 Å². The molecular formula is C19H25N5O2. The number of rotatable bonds is 5. The molecule has 0 bridgehead atoms. The van der Waals surface area contributed by atoms with Crippen LogP contribution in [0, 0.1) is 13.8 Å². The molecule has 0 fully saturated rings. The van der Waals surface area contributed by atoms with Gasteiger partial charge in [-0.2, -0.15) is 0 Å².